The van der Waals surface area contributed by atoms with Gasteiger partial charge in [-0.25, -0.2) is 24.1 Å². The first-order valence-corrected chi connectivity index (χ1v) is 14.3. The second kappa shape index (κ2) is 16.3. The highest BCUT2D eigenvalue weighted by atomic mass is 16.6. The summed E-state index contributed by atoms with van der Waals surface area (Å²) in [5.41, 5.74) is 10.4. The van der Waals surface area contributed by atoms with Gasteiger partial charge in [-0.15, -0.1) is 15.2 Å². The number of hydrogen-bond donors (Lipinski definition) is 3. The molecule has 0 aliphatic carbocycles. The molecule has 1 atom stereocenters. The molecular formula is C29H41N7O10. The van der Waals surface area contributed by atoms with Crippen LogP contribution in [0.25, 0.3) is 11.5 Å². The SMILES string of the molecule is CCCCOC(=O)NC(CN)C(=O)OC(=O)Cc1nnc(-c2ccc(N(C(=O)OC(C)(C)C)C(N)=NC(=O)OC(C)(C)C)cc2)o1. The molecule has 0 bridgehead atoms. The van der Waals surface area contributed by atoms with Crippen molar-refractivity contribution >= 4 is 41.9 Å². The fourth-order valence-corrected chi connectivity index (χ4v) is 3.31. The standard InChI is InChI=1S/C29H41N7O10/c1-8-9-14-42-25(39)32-19(16-30)23(38)44-21(37)15-20-34-35-22(43-20)17-10-12-18(13-11-17)36(27(41)46-29(5,6)7)24(31)33-26(40)45-28(2,3)4/h10-13,19H,8-9,14-16,30H2,1-7H3,(H,32,39)(H2,31,33,40). The van der Waals surface area contributed by atoms with Gasteiger partial charge in [-0.3, -0.25) is 4.79 Å². The number of hydrogen-bond acceptors (Lipinski definition) is 13. The average Bonchev–Trinajstić information content (AvgIpc) is 3.38. The summed E-state index contributed by atoms with van der Waals surface area (Å²) in [5.74, 6) is -2.78. The Morgan fingerprint density at radius 1 is 1.00 bits per heavy atom. The Balaban J connectivity index is 2.14. The maximum absolute atomic E-state index is 13.0. The zero-order valence-electron chi connectivity index (χ0n) is 26.9. The number of alkyl carbamates (subject to hydrolysis) is 1. The summed E-state index contributed by atoms with van der Waals surface area (Å²) >= 11 is 0. The van der Waals surface area contributed by atoms with Crippen LogP contribution < -0.4 is 21.7 Å². The molecule has 17 nitrogen and oxygen atoms in total. The predicted molar refractivity (Wildman–Crippen MR) is 163 cm³/mol. The van der Waals surface area contributed by atoms with E-state index < -0.39 is 59.8 Å². The molecule has 1 heterocycles. The number of aliphatic imine (C=N–C) groups is 1. The predicted octanol–water partition coefficient (Wildman–Crippen LogP) is 3.19. The molecule has 0 spiro atoms. The number of ether oxygens (including phenoxy) is 4. The van der Waals surface area contributed by atoms with Crippen LogP contribution in [0.2, 0.25) is 0 Å². The largest absolute Gasteiger partial charge is 0.450 e. The Labute approximate surface area is 266 Å². The first-order valence-electron chi connectivity index (χ1n) is 14.3. The number of amides is 3. The Kier molecular flexibility index (Phi) is 13.2. The van der Waals surface area contributed by atoms with Crippen LogP contribution in [0, 0.1) is 0 Å². The maximum Gasteiger partial charge on any atom is 0.437 e. The van der Waals surface area contributed by atoms with E-state index >= 15 is 0 Å². The number of carbonyl (C=O) groups is 5. The van der Waals surface area contributed by atoms with Crippen LogP contribution in [0.15, 0.2) is 33.7 Å². The fourth-order valence-electron chi connectivity index (χ4n) is 3.31. The number of anilines is 1. The Morgan fingerprint density at radius 3 is 2.20 bits per heavy atom. The van der Waals surface area contributed by atoms with Gasteiger partial charge in [0.15, 0.2) is 0 Å². The van der Waals surface area contributed by atoms with Crippen LogP contribution in [0.4, 0.5) is 20.1 Å². The molecule has 0 saturated carbocycles. The second-order valence-electron chi connectivity index (χ2n) is 11.7. The Bertz CT molecular complexity index is 1410. The third-order valence-corrected chi connectivity index (χ3v) is 5.30. The van der Waals surface area contributed by atoms with Crippen LogP contribution >= 0.6 is 0 Å². The van der Waals surface area contributed by atoms with Crippen LogP contribution in [-0.2, 0) is 35.0 Å². The molecule has 46 heavy (non-hydrogen) atoms. The number of rotatable bonds is 10. The topological polar surface area (TPSA) is 241 Å². The molecule has 5 N–H and O–H groups in total. The lowest BCUT2D eigenvalue weighted by Crippen LogP contribution is -2.47. The van der Waals surface area contributed by atoms with Gasteiger partial charge < -0.3 is 40.1 Å². The van der Waals surface area contributed by atoms with Gasteiger partial charge in [0.25, 0.3) is 0 Å². The van der Waals surface area contributed by atoms with Gasteiger partial charge in [0.1, 0.15) is 23.7 Å². The Hall–Kier alpha value is -5.06. The van der Waals surface area contributed by atoms with Gasteiger partial charge in [-0.05, 0) is 72.2 Å². The van der Waals surface area contributed by atoms with Crippen LogP contribution in [0.1, 0.15) is 67.2 Å². The van der Waals surface area contributed by atoms with E-state index in [0.717, 1.165) is 11.3 Å². The lowest BCUT2D eigenvalue weighted by molar-refractivity contribution is -0.160. The highest BCUT2D eigenvalue weighted by Gasteiger charge is 2.29. The molecule has 0 fully saturated rings. The number of esters is 2. The summed E-state index contributed by atoms with van der Waals surface area (Å²) in [6.45, 7) is 11.7. The molecule has 1 unspecified atom stereocenters. The highest BCUT2D eigenvalue weighted by molar-refractivity contribution is 6.15. The van der Waals surface area contributed by atoms with Crippen molar-refractivity contribution in [3.05, 3.63) is 30.2 Å². The van der Waals surface area contributed by atoms with Gasteiger partial charge in [-0.1, -0.05) is 13.3 Å². The van der Waals surface area contributed by atoms with Gasteiger partial charge >= 0.3 is 30.2 Å². The number of unbranched alkanes of at least 4 members (excludes halogenated alkanes) is 1. The number of guanidine groups is 1. The quantitative estimate of drug-likeness (QED) is 0.0838. The number of benzene rings is 1. The van der Waals surface area contributed by atoms with Gasteiger partial charge in [0, 0.05) is 12.1 Å². The van der Waals surface area contributed by atoms with E-state index in [1.165, 1.54) is 24.3 Å². The third kappa shape index (κ3) is 12.5. The Morgan fingerprint density at radius 2 is 1.63 bits per heavy atom. The molecule has 252 valence electrons. The second-order valence-corrected chi connectivity index (χ2v) is 11.7. The summed E-state index contributed by atoms with van der Waals surface area (Å²) in [7, 11) is 0. The zero-order valence-corrected chi connectivity index (χ0v) is 26.9. The third-order valence-electron chi connectivity index (χ3n) is 5.30. The smallest absolute Gasteiger partial charge is 0.437 e. The fraction of sp³-hybridized carbons (Fsp3) is 0.517. The van der Waals surface area contributed by atoms with Crippen molar-refractivity contribution in [2.45, 2.75) is 85.0 Å². The van der Waals surface area contributed by atoms with Crippen molar-refractivity contribution in [3.63, 3.8) is 0 Å². The van der Waals surface area contributed by atoms with Crippen LogP contribution in [0.3, 0.4) is 0 Å². The van der Waals surface area contributed by atoms with E-state index in [1.54, 1.807) is 41.5 Å². The van der Waals surface area contributed by atoms with Crippen LogP contribution in [-0.4, -0.2) is 76.8 Å². The van der Waals surface area contributed by atoms with E-state index in [1.807, 2.05) is 6.92 Å². The zero-order chi connectivity index (χ0) is 34.7. The number of carbonyl (C=O) groups excluding carboxylic acids is 5. The molecule has 3 amide bonds. The lowest BCUT2D eigenvalue weighted by Gasteiger charge is -2.26. The van der Waals surface area contributed by atoms with Crippen molar-refractivity contribution in [3.8, 4) is 11.5 Å². The molecule has 0 radical (unpaired) electrons. The number of nitrogens with one attached hydrogen (secondary N) is 1. The van der Waals surface area contributed by atoms with Gasteiger partial charge in [0.05, 0.1) is 12.3 Å². The molecular weight excluding hydrogens is 606 g/mol. The van der Waals surface area contributed by atoms with Crippen molar-refractivity contribution in [1.82, 2.24) is 15.5 Å². The molecule has 0 aliphatic rings. The average molecular weight is 648 g/mol. The van der Waals surface area contributed by atoms with E-state index in [4.69, 9.17) is 34.8 Å². The van der Waals surface area contributed by atoms with Gasteiger partial charge in [0.2, 0.25) is 17.7 Å². The van der Waals surface area contributed by atoms with E-state index in [2.05, 4.69) is 20.5 Å². The highest BCUT2D eigenvalue weighted by Crippen LogP contribution is 2.24. The summed E-state index contributed by atoms with van der Waals surface area (Å²) in [5, 5.41) is 9.93. The summed E-state index contributed by atoms with van der Waals surface area (Å²) in [4.78, 5) is 66.3. The molecule has 17 heteroatoms. The van der Waals surface area contributed by atoms with E-state index in [-0.39, 0.29) is 30.6 Å². The van der Waals surface area contributed by atoms with Gasteiger partial charge in [-0.2, -0.15) is 0 Å². The van der Waals surface area contributed by atoms with Crippen molar-refractivity contribution in [2.75, 3.05) is 18.1 Å². The summed E-state index contributed by atoms with van der Waals surface area (Å²) < 4.78 is 25.8. The molecule has 2 rings (SSSR count). The first-order chi connectivity index (χ1) is 21.4. The van der Waals surface area contributed by atoms with Crippen molar-refractivity contribution in [2.24, 2.45) is 16.5 Å². The normalized spacial score (nSPS) is 12.5. The monoisotopic (exact) mass is 647 g/mol. The number of nitrogens with two attached hydrogens (primary N) is 2. The lowest BCUT2D eigenvalue weighted by atomic mass is 10.2. The molecule has 1 aromatic carbocycles. The van der Waals surface area contributed by atoms with Crippen molar-refractivity contribution < 1.29 is 47.3 Å². The summed E-state index contributed by atoms with van der Waals surface area (Å²) in [6, 6.07) is 4.62. The minimum atomic E-state index is -1.31. The molecule has 2 aromatic rings. The maximum atomic E-state index is 13.0. The first kappa shape index (κ1) is 37.1. The number of aromatic nitrogens is 2. The number of nitrogens with zero attached hydrogens (tertiary/aromatic N) is 4. The van der Waals surface area contributed by atoms with Crippen LogP contribution in [0.5, 0.6) is 0 Å². The van der Waals surface area contributed by atoms with Crippen molar-refractivity contribution in [1.29, 1.82) is 0 Å². The van der Waals surface area contributed by atoms with E-state index in [0.29, 0.717) is 12.0 Å². The minimum Gasteiger partial charge on any atom is -0.450 e. The molecule has 0 saturated heterocycles. The minimum absolute atomic E-state index is 0.00350. The molecule has 1 aromatic heterocycles. The summed E-state index contributed by atoms with van der Waals surface area (Å²) in [6.07, 6.45) is -1.88. The molecule has 0 aliphatic heterocycles. The van der Waals surface area contributed by atoms with E-state index in [9.17, 15) is 24.0 Å².